The lowest BCUT2D eigenvalue weighted by atomic mass is 9.93. The number of aromatic hydroxyl groups is 1. The van der Waals surface area contributed by atoms with Crippen LogP contribution in [-0.4, -0.2) is 29.9 Å². The first-order valence-corrected chi connectivity index (χ1v) is 5.75. The van der Waals surface area contributed by atoms with E-state index in [2.05, 4.69) is 0 Å². The van der Waals surface area contributed by atoms with Crippen molar-refractivity contribution >= 4 is 5.97 Å². The summed E-state index contributed by atoms with van der Waals surface area (Å²) in [5.41, 5.74) is 0.167. The second-order valence-corrected chi connectivity index (χ2v) is 4.26. The van der Waals surface area contributed by atoms with Gasteiger partial charge in [0.15, 0.2) is 0 Å². The second-order valence-electron chi connectivity index (χ2n) is 4.26. The Morgan fingerprint density at radius 2 is 2.12 bits per heavy atom. The third-order valence-corrected chi connectivity index (χ3v) is 3.18. The molecule has 0 saturated carbocycles. The molecule has 1 atom stereocenters. The highest BCUT2D eigenvalue weighted by Gasteiger charge is 2.38. The summed E-state index contributed by atoms with van der Waals surface area (Å²) in [6.07, 6.45) is 1.78. The van der Waals surface area contributed by atoms with E-state index in [0.29, 0.717) is 12.2 Å². The third-order valence-electron chi connectivity index (χ3n) is 3.18. The predicted octanol–water partition coefficient (Wildman–Crippen LogP) is 2.12. The van der Waals surface area contributed by atoms with Crippen LogP contribution in [0.3, 0.4) is 0 Å². The van der Waals surface area contributed by atoms with Gasteiger partial charge in [-0.25, -0.2) is 4.79 Å². The molecule has 1 fully saturated rings. The van der Waals surface area contributed by atoms with Gasteiger partial charge in [-0.15, -0.1) is 0 Å². The quantitative estimate of drug-likeness (QED) is 0.813. The van der Waals surface area contributed by atoms with Crippen LogP contribution < -0.4 is 0 Å². The first-order valence-electron chi connectivity index (χ1n) is 5.75. The lowest BCUT2D eigenvalue weighted by Crippen LogP contribution is -2.47. The minimum Gasteiger partial charge on any atom is -0.508 e. The molecular formula is C13H16O4. The van der Waals surface area contributed by atoms with Gasteiger partial charge in [-0.3, -0.25) is 0 Å². The van der Waals surface area contributed by atoms with E-state index in [0.717, 1.165) is 19.4 Å². The normalized spacial score (nSPS) is 22.9. The molecule has 0 amide bonds. The number of benzene rings is 1. The molecule has 4 nitrogen and oxygen atoms in total. The summed E-state index contributed by atoms with van der Waals surface area (Å²) in [7, 11) is 0. The van der Waals surface area contributed by atoms with Crippen molar-refractivity contribution in [2.75, 3.05) is 13.2 Å². The molecule has 1 aromatic rings. The molecular weight excluding hydrogens is 220 g/mol. The van der Waals surface area contributed by atoms with E-state index in [9.17, 15) is 4.79 Å². The van der Waals surface area contributed by atoms with Crippen LogP contribution in [-0.2, 0) is 9.47 Å². The number of rotatable bonds is 4. The Balaban J connectivity index is 1.91. The molecule has 1 aliphatic heterocycles. The lowest BCUT2D eigenvalue weighted by Gasteiger charge is -2.40. The van der Waals surface area contributed by atoms with Gasteiger partial charge in [-0.1, -0.05) is 6.92 Å². The molecule has 1 aliphatic rings. The SMILES string of the molecule is CCC1(COC(=O)c2ccc(O)cc2)CCO1. The van der Waals surface area contributed by atoms with Crippen LogP contribution in [0.2, 0.25) is 0 Å². The monoisotopic (exact) mass is 236 g/mol. The van der Waals surface area contributed by atoms with Gasteiger partial charge in [0, 0.05) is 6.42 Å². The van der Waals surface area contributed by atoms with E-state index in [1.54, 1.807) is 0 Å². The number of carbonyl (C=O) groups is 1. The lowest BCUT2D eigenvalue weighted by molar-refractivity contribution is -0.172. The summed E-state index contributed by atoms with van der Waals surface area (Å²) in [5.74, 6) is -0.248. The van der Waals surface area contributed by atoms with Crippen LogP contribution >= 0.6 is 0 Å². The first-order chi connectivity index (χ1) is 8.15. The Morgan fingerprint density at radius 3 is 2.59 bits per heavy atom. The number of ether oxygens (including phenoxy) is 2. The Bertz CT molecular complexity index is 387. The molecule has 0 bridgehead atoms. The summed E-state index contributed by atoms with van der Waals surface area (Å²) in [6, 6.07) is 6.01. The van der Waals surface area contributed by atoms with Crippen LogP contribution in [0.5, 0.6) is 5.75 Å². The molecule has 92 valence electrons. The number of phenols is 1. The number of hydrogen-bond donors (Lipinski definition) is 1. The maximum Gasteiger partial charge on any atom is 0.338 e. The van der Waals surface area contributed by atoms with Gasteiger partial charge in [-0.2, -0.15) is 0 Å². The van der Waals surface area contributed by atoms with E-state index >= 15 is 0 Å². The van der Waals surface area contributed by atoms with Gasteiger partial charge in [0.2, 0.25) is 0 Å². The maximum absolute atomic E-state index is 11.7. The molecule has 4 heteroatoms. The fourth-order valence-corrected chi connectivity index (χ4v) is 1.76. The molecule has 0 aromatic heterocycles. The minimum absolute atomic E-state index is 0.133. The number of hydrogen-bond acceptors (Lipinski definition) is 4. The largest absolute Gasteiger partial charge is 0.508 e. The maximum atomic E-state index is 11.7. The molecule has 1 heterocycles. The van der Waals surface area contributed by atoms with Gasteiger partial charge in [0.25, 0.3) is 0 Å². The van der Waals surface area contributed by atoms with Crippen molar-refractivity contribution in [1.29, 1.82) is 0 Å². The van der Waals surface area contributed by atoms with Crippen molar-refractivity contribution in [2.24, 2.45) is 0 Å². The molecule has 1 saturated heterocycles. The summed E-state index contributed by atoms with van der Waals surface area (Å²) in [4.78, 5) is 11.7. The number of esters is 1. The molecule has 17 heavy (non-hydrogen) atoms. The number of phenolic OH excluding ortho intramolecular Hbond substituents is 1. The van der Waals surface area contributed by atoms with Crippen LogP contribution in [0.25, 0.3) is 0 Å². The first kappa shape index (κ1) is 11.9. The van der Waals surface area contributed by atoms with Crippen LogP contribution in [0.15, 0.2) is 24.3 Å². The van der Waals surface area contributed by atoms with Gasteiger partial charge >= 0.3 is 5.97 Å². The standard InChI is InChI=1S/C13H16O4/c1-2-13(7-8-17-13)9-16-12(15)10-3-5-11(14)6-4-10/h3-6,14H,2,7-9H2,1H3. The zero-order valence-corrected chi connectivity index (χ0v) is 9.81. The van der Waals surface area contributed by atoms with Crippen molar-refractivity contribution < 1.29 is 19.4 Å². The van der Waals surface area contributed by atoms with Gasteiger partial charge in [-0.05, 0) is 30.7 Å². The summed E-state index contributed by atoms with van der Waals surface area (Å²) < 4.78 is 10.7. The van der Waals surface area contributed by atoms with Crippen molar-refractivity contribution in [1.82, 2.24) is 0 Å². The summed E-state index contributed by atoms with van der Waals surface area (Å²) >= 11 is 0. The second kappa shape index (κ2) is 4.75. The Kier molecular flexibility index (Phi) is 3.33. The Labute approximate surface area is 100 Å². The molecule has 1 aromatic carbocycles. The smallest absolute Gasteiger partial charge is 0.338 e. The van der Waals surface area contributed by atoms with Crippen LogP contribution in [0.4, 0.5) is 0 Å². The summed E-state index contributed by atoms with van der Waals surface area (Å²) in [6.45, 7) is 3.06. The van der Waals surface area contributed by atoms with Gasteiger partial charge in [0.05, 0.1) is 12.2 Å². The predicted molar refractivity (Wildman–Crippen MR) is 62.0 cm³/mol. The summed E-state index contributed by atoms with van der Waals surface area (Å²) in [5, 5.41) is 9.11. The molecule has 1 N–H and O–H groups in total. The molecule has 0 spiro atoms. The minimum atomic E-state index is -0.381. The highest BCUT2D eigenvalue weighted by Crippen LogP contribution is 2.30. The van der Waals surface area contributed by atoms with Crippen LogP contribution in [0.1, 0.15) is 30.1 Å². The van der Waals surface area contributed by atoms with E-state index in [1.807, 2.05) is 6.92 Å². The van der Waals surface area contributed by atoms with Crippen LogP contribution in [0, 0.1) is 0 Å². The Morgan fingerprint density at radius 1 is 1.47 bits per heavy atom. The topological polar surface area (TPSA) is 55.8 Å². The third kappa shape index (κ3) is 2.58. The molecule has 0 aliphatic carbocycles. The van der Waals surface area contributed by atoms with Crippen molar-refractivity contribution in [3.05, 3.63) is 29.8 Å². The zero-order valence-electron chi connectivity index (χ0n) is 9.81. The molecule has 2 rings (SSSR count). The van der Waals surface area contributed by atoms with E-state index in [-0.39, 0.29) is 17.3 Å². The van der Waals surface area contributed by atoms with Gasteiger partial charge < -0.3 is 14.6 Å². The number of carbonyl (C=O) groups excluding carboxylic acids is 1. The van der Waals surface area contributed by atoms with Crippen molar-refractivity contribution in [2.45, 2.75) is 25.4 Å². The zero-order chi connectivity index (χ0) is 12.3. The molecule has 0 radical (unpaired) electrons. The molecule has 1 unspecified atom stereocenters. The van der Waals surface area contributed by atoms with Crippen molar-refractivity contribution in [3.63, 3.8) is 0 Å². The fraction of sp³-hybridized carbons (Fsp3) is 0.462. The average Bonchev–Trinajstić information content (AvgIpc) is 2.29. The van der Waals surface area contributed by atoms with Crippen molar-refractivity contribution in [3.8, 4) is 5.75 Å². The average molecular weight is 236 g/mol. The highest BCUT2D eigenvalue weighted by molar-refractivity contribution is 5.89. The van der Waals surface area contributed by atoms with E-state index in [1.165, 1.54) is 24.3 Å². The highest BCUT2D eigenvalue weighted by atomic mass is 16.6. The van der Waals surface area contributed by atoms with Gasteiger partial charge in [0.1, 0.15) is 18.0 Å². The van der Waals surface area contributed by atoms with E-state index in [4.69, 9.17) is 14.6 Å². The Hall–Kier alpha value is -1.55. The van der Waals surface area contributed by atoms with E-state index < -0.39 is 0 Å². The fourth-order valence-electron chi connectivity index (χ4n) is 1.76.